The zero-order valence-electron chi connectivity index (χ0n) is 13.9. The molecule has 1 aromatic rings. The highest BCUT2D eigenvalue weighted by Crippen LogP contribution is 2.24. The summed E-state index contributed by atoms with van der Waals surface area (Å²) < 4.78 is 28.6. The van der Waals surface area contributed by atoms with Crippen LogP contribution >= 0.6 is 0 Å². The molecule has 0 radical (unpaired) electrons. The minimum atomic E-state index is -3.56. The van der Waals surface area contributed by atoms with Crippen LogP contribution in [0.2, 0.25) is 0 Å². The van der Waals surface area contributed by atoms with E-state index in [0.29, 0.717) is 31.2 Å². The molecule has 23 heavy (non-hydrogen) atoms. The van der Waals surface area contributed by atoms with Crippen LogP contribution in [0, 0.1) is 5.92 Å². The maximum Gasteiger partial charge on any atom is 0.268 e. The van der Waals surface area contributed by atoms with Crippen molar-refractivity contribution in [1.29, 1.82) is 0 Å². The van der Waals surface area contributed by atoms with E-state index in [2.05, 4.69) is 12.2 Å². The van der Waals surface area contributed by atoms with Gasteiger partial charge in [-0.1, -0.05) is 6.92 Å². The Morgan fingerprint density at radius 3 is 2.83 bits per heavy atom. The summed E-state index contributed by atoms with van der Waals surface area (Å²) in [4.78, 5) is 12.4. The molecule has 1 aliphatic heterocycles. The largest absolute Gasteiger partial charge is 0.347 e. The second-order valence-electron chi connectivity index (χ2n) is 6.39. The van der Waals surface area contributed by atoms with Crippen LogP contribution in [0.3, 0.4) is 0 Å². The summed E-state index contributed by atoms with van der Waals surface area (Å²) >= 11 is 0. The van der Waals surface area contributed by atoms with E-state index in [9.17, 15) is 13.2 Å². The maximum atomic E-state index is 12.8. The Balaban J connectivity index is 2.24. The SMILES string of the molecule is CC1CCCN(S(=O)(=O)c2cc(C(=O)N[C@H](C)CN)n(C)c2)C1. The van der Waals surface area contributed by atoms with E-state index in [4.69, 9.17) is 5.73 Å². The van der Waals surface area contributed by atoms with Crippen molar-refractivity contribution in [3.63, 3.8) is 0 Å². The fourth-order valence-corrected chi connectivity index (χ4v) is 4.44. The van der Waals surface area contributed by atoms with Gasteiger partial charge in [0, 0.05) is 38.9 Å². The molecule has 0 saturated carbocycles. The summed E-state index contributed by atoms with van der Waals surface area (Å²) in [6, 6.07) is 1.27. The molecule has 2 heterocycles. The first-order valence-corrected chi connectivity index (χ1v) is 9.37. The van der Waals surface area contributed by atoms with Crippen LogP contribution in [0.25, 0.3) is 0 Å². The first-order valence-electron chi connectivity index (χ1n) is 7.93. The highest BCUT2D eigenvalue weighted by molar-refractivity contribution is 7.89. The van der Waals surface area contributed by atoms with Crippen LogP contribution in [0.1, 0.15) is 37.2 Å². The zero-order valence-corrected chi connectivity index (χ0v) is 14.8. The highest BCUT2D eigenvalue weighted by atomic mass is 32.2. The van der Waals surface area contributed by atoms with Crippen LogP contribution in [0.5, 0.6) is 0 Å². The Morgan fingerprint density at radius 2 is 2.22 bits per heavy atom. The Bertz CT molecular complexity index is 668. The van der Waals surface area contributed by atoms with Crippen LogP contribution in [-0.4, -0.2) is 48.9 Å². The monoisotopic (exact) mass is 342 g/mol. The Kier molecular flexibility index (Phi) is 5.49. The number of hydrogen-bond acceptors (Lipinski definition) is 4. The van der Waals surface area contributed by atoms with Crippen molar-refractivity contribution in [2.45, 2.75) is 37.6 Å². The fraction of sp³-hybridized carbons (Fsp3) is 0.667. The molecular weight excluding hydrogens is 316 g/mol. The Morgan fingerprint density at radius 1 is 1.52 bits per heavy atom. The van der Waals surface area contributed by atoms with Gasteiger partial charge in [-0.2, -0.15) is 4.31 Å². The number of aryl methyl sites for hydroxylation is 1. The second-order valence-corrected chi connectivity index (χ2v) is 8.33. The number of nitrogens with two attached hydrogens (primary N) is 1. The number of rotatable bonds is 5. The lowest BCUT2D eigenvalue weighted by Gasteiger charge is -2.29. The molecule has 0 bridgehead atoms. The molecule has 2 atom stereocenters. The van der Waals surface area contributed by atoms with E-state index in [1.807, 2.05) is 0 Å². The van der Waals surface area contributed by atoms with Gasteiger partial charge in [0.25, 0.3) is 5.91 Å². The molecule has 3 N–H and O–H groups in total. The number of piperidine rings is 1. The van der Waals surface area contributed by atoms with Gasteiger partial charge in [0.15, 0.2) is 0 Å². The van der Waals surface area contributed by atoms with Gasteiger partial charge in [-0.3, -0.25) is 4.79 Å². The standard InChI is InChI=1S/C15H26N4O3S/c1-11-5-4-6-19(9-11)23(21,22)13-7-14(18(3)10-13)15(20)17-12(2)8-16/h7,10-12H,4-6,8-9,16H2,1-3H3,(H,17,20)/t11?,12-/m1/s1. The number of carbonyl (C=O) groups is 1. The van der Waals surface area contributed by atoms with Crippen molar-refractivity contribution >= 4 is 15.9 Å². The van der Waals surface area contributed by atoms with E-state index >= 15 is 0 Å². The van der Waals surface area contributed by atoms with Crippen molar-refractivity contribution in [3.05, 3.63) is 18.0 Å². The van der Waals surface area contributed by atoms with E-state index < -0.39 is 10.0 Å². The van der Waals surface area contributed by atoms with Gasteiger partial charge >= 0.3 is 0 Å². The number of nitrogens with zero attached hydrogens (tertiary/aromatic N) is 2. The average Bonchev–Trinajstić information content (AvgIpc) is 2.90. The quantitative estimate of drug-likeness (QED) is 0.815. The minimum Gasteiger partial charge on any atom is -0.347 e. The molecule has 0 aromatic carbocycles. The third kappa shape index (κ3) is 3.94. The van der Waals surface area contributed by atoms with Crippen LogP contribution in [0.4, 0.5) is 0 Å². The van der Waals surface area contributed by atoms with Crippen molar-refractivity contribution < 1.29 is 13.2 Å². The molecule has 1 amide bonds. The Labute approximate surface area is 137 Å². The molecule has 0 aliphatic carbocycles. The zero-order chi connectivity index (χ0) is 17.2. The summed E-state index contributed by atoms with van der Waals surface area (Å²) in [6.07, 6.45) is 3.41. The summed E-state index contributed by atoms with van der Waals surface area (Å²) in [5.41, 5.74) is 5.81. The molecule has 0 spiro atoms. The number of sulfonamides is 1. The third-order valence-electron chi connectivity index (χ3n) is 4.20. The van der Waals surface area contributed by atoms with Gasteiger partial charge < -0.3 is 15.6 Å². The van der Waals surface area contributed by atoms with Gasteiger partial charge in [0.2, 0.25) is 10.0 Å². The number of aromatic nitrogens is 1. The molecule has 1 fully saturated rings. The molecule has 7 nitrogen and oxygen atoms in total. The van der Waals surface area contributed by atoms with Crippen molar-refractivity contribution in [3.8, 4) is 0 Å². The smallest absolute Gasteiger partial charge is 0.268 e. The lowest BCUT2D eigenvalue weighted by molar-refractivity contribution is 0.0933. The normalized spacial score (nSPS) is 21.1. The molecule has 1 saturated heterocycles. The molecule has 1 aliphatic rings. The summed E-state index contributed by atoms with van der Waals surface area (Å²) in [5, 5.41) is 2.74. The topological polar surface area (TPSA) is 97.4 Å². The van der Waals surface area contributed by atoms with E-state index in [-0.39, 0.29) is 16.8 Å². The fourth-order valence-electron chi connectivity index (χ4n) is 2.77. The predicted octanol–water partition coefficient (Wildman–Crippen LogP) is 0.523. The molecule has 1 aromatic heterocycles. The summed E-state index contributed by atoms with van der Waals surface area (Å²) in [5.74, 6) is 0.0364. The van der Waals surface area contributed by atoms with Gasteiger partial charge in [-0.05, 0) is 31.7 Å². The van der Waals surface area contributed by atoms with Crippen LogP contribution in [-0.2, 0) is 17.1 Å². The minimum absolute atomic E-state index is 0.166. The number of hydrogen-bond donors (Lipinski definition) is 2. The molecule has 8 heteroatoms. The number of nitrogens with one attached hydrogen (secondary N) is 1. The highest BCUT2D eigenvalue weighted by Gasteiger charge is 2.30. The van der Waals surface area contributed by atoms with Gasteiger partial charge in [-0.25, -0.2) is 8.42 Å². The Hall–Kier alpha value is -1.38. The molecule has 1 unspecified atom stereocenters. The predicted molar refractivity (Wildman–Crippen MR) is 88.6 cm³/mol. The second kappa shape index (κ2) is 7.02. The summed E-state index contributed by atoms with van der Waals surface area (Å²) in [6.45, 7) is 5.25. The molecular formula is C15H26N4O3S. The number of carbonyl (C=O) groups excluding carboxylic acids is 1. The van der Waals surface area contributed by atoms with Gasteiger partial charge in [0.1, 0.15) is 10.6 Å². The van der Waals surface area contributed by atoms with E-state index in [1.54, 1.807) is 18.5 Å². The maximum absolute atomic E-state index is 12.8. The molecule has 130 valence electrons. The van der Waals surface area contributed by atoms with Crippen molar-refractivity contribution in [1.82, 2.24) is 14.2 Å². The van der Waals surface area contributed by atoms with Gasteiger partial charge in [0.05, 0.1) is 0 Å². The van der Waals surface area contributed by atoms with Crippen molar-refractivity contribution in [2.75, 3.05) is 19.6 Å². The van der Waals surface area contributed by atoms with Gasteiger partial charge in [-0.15, -0.1) is 0 Å². The molecule has 2 rings (SSSR count). The van der Waals surface area contributed by atoms with Crippen LogP contribution < -0.4 is 11.1 Å². The lowest BCUT2D eigenvalue weighted by atomic mass is 10.0. The first kappa shape index (κ1) is 18.0. The third-order valence-corrected chi connectivity index (χ3v) is 6.03. The lowest BCUT2D eigenvalue weighted by Crippen LogP contribution is -2.39. The first-order chi connectivity index (χ1) is 10.8. The van der Waals surface area contributed by atoms with E-state index in [0.717, 1.165) is 12.8 Å². The van der Waals surface area contributed by atoms with Crippen LogP contribution in [0.15, 0.2) is 17.2 Å². The van der Waals surface area contributed by atoms with E-state index in [1.165, 1.54) is 16.6 Å². The van der Waals surface area contributed by atoms with Crippen molar-refractivity contribution in [2.24, 2.45) is 18.7 Å². The summed E-state index contributed by atoms with van der Waals surface area (Å²) in [7, 11) is -1.89. The number of amides is 1. The average molecular weight is 342 g/mol.